The molecular weight excluding hydrogens is 342 g/mol. The van der Waals surface area contributed by atoms with Crippen molar-refractivity contribution in [3.63, 3.8) is 0 Å². The zero-order valence-corrected chi connectivity index (χ0v) is 16.3. The highest BCUT2D eigenvalue weighted by molar-refractivity contribution is 6.30. The van der Waals surface area contributed by atoms with Gasteiger partial charge in [-0.2, -0.15) is 0 Å². The van der Waals surface area contributed by atoms with E-state index in [1.807, 2.05) is 36.4 Å². The van der Waals surface area contributed by atoms with Gasteiger partial charge in [0.2, 0.25) is 0 Å². The molecule has 1 aliphatic heterocycles. The Kier molecular flexibility index (Phi) is 5.38. The van der Waals surface area contributed by atoms with E-state index in [0.717, 1.165) is 28.8 Å². The molecule has 0 aromatic heterocycles. The van der Waals surface area contributed by atoms with E-state index in [1.165, 1.54) is 30.5 Å². The van der Waals surface area contributed by atoms with Crippen molar-refractivity contribution in [1.29, 1.82) is 0 Å². The van der Waals surface area contributed by atoms with Gasteiger partial charge in [-0.3, -0.25) is 4.79 Å². The fourth-order valence-corrected chi connectivity index (χ4v) is 3.80. The number of unbranched alkanes of at least 4 members (excludes halogenated alkanes) is 2. The summed E-state index contributed by atoms with van der Waals surface area (Å²) in [6.45, 7) is 3.26. The van der Waals surface area contributed by atoms with Gasteiger partial charge in [-0.1, -0.05) is 74.4 Å². The van der Waals surface area contributed by atoms with Crippen LogP contribution < -0.4 is 4.90 Å². The van der Waals surface area contributed by atoms with Crippen molar-refractivity contribution in [1.82, 2.24) is 0 Å². The minimum Gasteiger partial charge on any atom is -0.347 e. The quantitative estimate of drug-likeness (QED) is 0.458. The minimum absolute atomic E-state index is 0.0600. The largest absolute Gasteiger partial charge is 0.347 e. The topological polar surface area (TPSA) is 20.3 Å². The van der Waals surface area contributed by atoms with E-state index in [4.69, 9.17) is 0 Å². The van der Waals surface area contributed by atoms with Crippen molar-refractivity contribution >= 4 is 28.7 Å². The van der Waals surface area contributed by atoms with Crippen LogP contribution in [-0.4, -0.2) is 12.3 Å². The average molecular weight is 367 g/mol. The van der Waals surface area contributed by atoms with Crippen LogP contribution in [0.2, 0.25) is 0 Å². The molecule has 0 radical (unpaired) electrons. The lowest BCUT2D eigenvalue weighted by molar-refractivity contribution is -0.109. The zero-order chi connectivity index (χ0) is 19.3. The highest BCUT2D eigenvalue weighted by Crippen LogP contribution is 2.34. The summed E-state index contributed by atoms with van der Waals surface area (Å²) in [6.07, 6.45) is 15.6. The molecule has 0 N–H and O–H groups in total. The Morgan fingerprint density at radius 1 is 0.857 bits per heavy atom. The molecule has 2 nitrogen and oxygen atoms in total. The average Bonchev–Trinajstić information content (AvgIpc) is 2.74. The molecule has 28 heavy (non-hydrogen) atoms. The number of hydrogen-bond acceptors (Lipinski definition) is 2. The molecular formula is C26H25NO. The summed E-state index contributed by atoms with van der Waals surface area (Å²) >= 11 is 0. The molecule has 2 aromatic rings. The first-order valence-electron chi connectivity index (χ1n) is 10.1. The number of para-hydroxylation sites is 1. The normalized spacial score (nSPS) is 17.9. The van der Waals surface area contributed by atoms with Crippen LogP contribution in [0.4, 0.5) is 5.69 Å². The molecule has 2 heteroatoms. The van der Waals surface area contributed by atoms with Gasteiger partial charge in [0.05, 0.1) is 0 Å². The lowest BCUT2D eigenvalue weighted by Crippen LogP contribution is -2.21. The standard InChI is InChI=1S/C26H25NO/c1-2-3-8-18-27-19-17-21(23-11-6-7-12-25(23)27)13-15-24-22-10-5-4-9-20(22)14-16-26(24)28/h4-7,9-17,19H,2-3,8,18H2,1H3. The summed E-state index contributed by atoms with van der Waals surface area (Å²) in [5.74, 6) is 0.0600. The summed E-state index contributed by atoms with van der Waals surface area (Å²) in [7, 11) is 0. The molecule has 0 spiro atoms. The minimum atomic E-state index is 0.0600. The third kappa shape index (κ3) is 3.63. The fourth-order valence-electron chi connectivity index (χ4n) is 3.80. The molecule has 140 valence electrons. The van der Waals surface area contributed by atoms with Crippen LogP contribution in [0.3, 0.4) is 0 Å². The molecule has 0 amide bonds. The summed E-state index contributed by atoms with van der Waals surface area (Å²) in [5.41, 5.74) is 6.43. The monoisotopic (exact) mass is 367 g/mol. The van der Waals surface area contributed by atoms with E-state index < -0.39 is 0 Å². The van der Waals surface area contributed by atoms with Crippen LogP contribution in [-0.2, 0) is 4.79 Å². The van der Waals surface area contributed by atoms with Crippen molar-refractivity contribution in [2.24, 2.45) is 0 Å². The van der Waals surface area contributed by atoms with Crippen LogP contribution in [0.25, 0.3) is 17.2 Å². The molecule has 2 aliphatic rings. The summed E-state index contributed by atoms with van der Waals surface area (Å²) < 4.78 is 0. The number of ketones is 1. The van der Waals surface area contributed by atoms with Crippen molar-refractivity contribution < 1.29 is 4.79 Å². The molecule has 0 saturated heterocycles. The zero-order valence-electron chi connectivity index (χ0n) is 16.3. The third-order valence-corrected chi connectivity index (χ3v) is 5.32. The third-order valence-electron chi connectivity index (χ3n) is 5.32. The molecule has 1 heterocycles. The van der Waals surface area contributed by atoms with E-state index in [9.17, 15) is 4.79 Å². The first kappa shape index (κ1) is 18.2. The number of nitrogens with zero attached hydrogens (tertiary/aromatic N) is 1. The Morgan fingerprint density at radius 3 is 2.50 bits per heavy atom. The van der Waals surface area contributed by atoms with Gasteiger partial charge in [-0.15, -0.1) is 0 Å². The molecule has 0 atom stereocenters. The maximum atomic E-state index is 12.5. The molecule has 4 rings (SSSR count). The number of carbonyl (C=O) groups excluding carboxylic acids is 1. The highest BCUT2D eigenvalue weighted by atomic mass is 16.1. The first-order valence-corrected chi connectivity index (χ1v) is 10.1. The first-order chi connectivity index (χ1) is 13.8. The van der Waals surface area contributed by atoms with Gasteiger partial charge in [0.15, 0.2) is 5.78 Å². The summed E-state index contributed by atoms with van der Waals surface area (Å²) in [6, 6.07) is 16.5. The van der Waals surface area contributed by atoms with Gasteiger partial charge in [-0.05, 0) is 47.4 Å². The number of hydrogen-bond donors (Lipinski definition) is 0. The summed E-state index contributed by atoms with van der Waals surface area (Å²) in [5, 5.41) is 0. The maximum Gasteiger partial charge on any atom is 0.186 e. The molecule has 0 saturated carbocycles. The highest BCUT2D eigenvalue weighted by Gasteiger charge is 2.17. The van der Waals surface area contributed by atoms with E-state index in [1.54, 1.807) is 6.08 Å². The molecule has 1 aliphatic carbocycles. The van der Waals surface area contributed by atoms with Crippen LogP contribution in [0.1, 0.15) is 42.9 Å². The number of benzene rings is 2. The van der Waals surface area contributed by atoms with E-state index in [0.29, 0.717) is 0 Å². The number of carbonyl (C=O) groups is 1. The van der Waals surface area contributed by atoms with Crippen molar-refractivity contribution in [2.75, 3.05) is 11.4 Å². The number of allylic oxidation sites excluding steroid dienone is 6. The Labute approximate surface area is 167 Å². The SMILES string of the molecule is CCCCCN1C=CC(=CC=C2C(=O)C=Cc3ccccc32)c2ccccc21. The Hall–Kier alpha value is -3.13. The van der Waals surface area contributed by atoms with Crippen LogP contribution in [0.5, 0.6) is 0 Å². The van der Waals surface area contributed by atoms with Crippen LogP contribution in [0.15, 0.2) is 79.0 Å². The van der Waals surface area contributed by atoms with Crippen molar-refractivity contribution in [3.8, 4) is 0 Å². The van der Waals surface area contributed by atoms with E-state index in [-0.39, 0.29) is 5.78 Å². The van der Waals surface area contributed by atoms with Crippen molar-refractivity contribution in [3.05, 3.63) is 95.7 Å². The molecule has 2 aromatic carbocycles. The molecule has 0 bridgehead atoms. The second kappa shape index (κ2) is 8.26. The van der Waals surface area contributed by atoms with Gasteiger partial charge < -0.3 is 4.90 Å². The van der Waals surface area contributed by atoms with Gasteiger partial charge in [0.1, 0.15) is 0 Å². The van der Waals surface area contributed by atoms with Crippen LogP contribution in [0, 0.1) is 0 Å². The Morgan fingerprint density at radius 2 is 1.64 bits per heavy atom. The maximum absolute atomic E-state index is 12.5. The van der Waals surface area contributed by atoms with E-state index >= 15 is 0 Å². The Balaban J connectivity index is 1.67. The van der Waals surface area contributed by atoms with Crippen LogP contribution >= 0.6 is 0 Å². The predicted octanol–water partition coefficient (Wildman–Crippen LogP) is 6.27. The lowest BCUT2D eigenvalue weighted by atomic mass is 9.90. The van der Waals surface area contributed by atoms with Gasteiger partial charge >= 0.3 is 0 Å². The number of rotatable bonds is 5. The van der Waals surface area contributed by atoms with Gasteiger partial charge in [0, 0.05) is 29.6 Å². The smallest absolute Gasteiger partial charge is 0.186 e. The van der Waals surface area contributed by atoms with Crippen molar-refractivity contribution in [2.45, 2.75) is 26.2 Å². The Bertz CT molecular complexity index is 1010. The van der Waals surface area contributed by atoms with Gasteiger partial charge in [-0.25, -0.2) is 0 Å². The predicted molar refractivity (Wildman–Crippen MR) is 119 cm³/mol. The second-order valence-electron chi connectivity index (χ2n) is 7.22. The summed E-state index contributed by atoms with van der Waals surface area (Å²) in [4.78, 5) is 14.8. The fraction of sp³-hybridized carbons (Fsp3) is 0.192. The molecule has 0 unspecified atom stereocenters. The number of fused-ring (bicyclic) bond motifs is 2. The second-order valence-corrected chi connectivity index (χ2v) is 7.22. The molecule has 0 fully saturated rings. The number of anilines is 1. The van der Waals surface area contributed by atoms with Gasteiger partial charge in [0.25, 0.3) is 0 Å². The van der Waals surface area contributed by atoms with E-state index in [2.05, 4.69) is 54.4 Å². The lowest BCUT2D eigenvalue weighted by Gasteiger charge is -2.27.